The van der Waals surface area contributed by atoms with E-state index in [9.17, 15) is 0 Å². The SMILES string of the molecule is CCCCCSc1cc(NCCC)nc(CCC)n1. The summed E-state index contributed by atoms with van der Waals surface area (Å²) in [5.74, 6) is 3.11. The fourth-order valence-electron chi connectivity index (χ4n) is 1.75. The molecular formula is C15H27N3S. The summed E-state index contributed by atoms with van der Waals surface area (Å²) in [4.78, 5) is 9.21. The van der Waals surface area contributed by atoms with Crippen molar-refractivity contribution in [3.8, 4) is 0 Å². The summed E-state index contributed by atoms with van der Waals surface area (Å²) >= 11 is 1.86. The Balaban J connectivity index is 2.63. The molecule has 0 saturated carbocycles. The van der Waals surface area contributed by atoms with Gasteiger partial charge in [0.15, 0.2) is 0 Å². The Morgan fingerprint density at radius 2 is 1.89 bits per heavy atom. The highest BCUT2D eigenvalue weighted by Crippen LogP contribution is 2.20. The van der Waals surface area contributed by atoms with Crippen molar-refractivity contribution in [2.45, 2.75) is 64.3 Å². The van der Waals surface area contributed by atoms with Gasteiger partial charge < -0.3 is 5.32 Å². The van der Waals surface area contributed by atoms with Crippen molar-refractivity contribution in [3.05, 3.63) is 11.9 Å². The maximum absolute atomic E-state index is 4.64. The van der Waals surface area contributed by atoms with Crippen LogP contribution >= 0.6 is 11.8 Å². The summed E-state index contributed by atoms with van der Waals surface area (Å²) in [6.07, 6.45) is 7.02. The van der Waals surface area contributed by atoms with E-state index in [1.54, 1.807) is 0 Å². The van der Waals surface area contributed by atoms with Crippen molar-refractivity contribution in [2.75, 3.05) is 17.6 Å². The standard InChI is InChI=1S/C15H27N3S/c1-4-7-8-11-19-15-12-14(16-10-6-3)17-13(18-15)9-5-2/h12H,4-11H2,1-3H3,(H,16,17,18). The van der Waals surface area contributed by atoms with Gasteiger partial charge in [-0.25, -0.2) is 9.97 Å². The topological polar surface area (TPSA) is 37.8 Å². The molecule has 0 radical (unpaired) electrons. The van der Waals surface area contributed by atoms with Gasteiger partial charge in [0, 0.05) is 19.0 Å². The zero-order chi connectivity index (χ0) is 13.9. The van der Waals surface area contributed by atoms with E-state index >= 15 is 0 Å². The molecule has 1 aromatic rings. The summed E-state index contributed by atoms with van der Waals surface area (Å²) in [7, 11) is 0. The summed E-state index contributed by atoms with van der Waals surface area (Å²) in [5.41, 5.74) is 0. The maximum atomic E-state index is 4.64. The first-order valence-electron chi connectivity index (χ1n) is 7.54. The van der Waals surface area contributed by atoms with Gasteiger partial charge in [-0.15, -0.1) is 11.8 Å². The minimum atomic E-state index is 0.962. The molecule has 1 heterocycles. The molecule has 0 amide bonds. The van der Waals surface area contributed by atoms with Crippen molar-refractivity contribution < 1.29 is 0 Å². The number of hydrogen-bond donors (Lipinski definition) is 1. The smallest absolute Gasteiger partial charge is 0.132 e. The Bertz CT molecular complexity index is 355. The van der Waals surface area contributed by atoms with Gasteiger partial charge in [0.1, 0.15) is 16.7 Å². The van der Waals surface area contributed by atoms with Gasteiger partial charge in [-0.3, -0.25) is 0 Å². The van der Waals surface area contributed by atoms with Crippen LogP contribution in [0.25, 0.3) is 0 Å². The molecule has 19 heavy (non-hydrogen) atoms. The number of aryl methyl sites for hydroxylation is 1. The average Bonchev–Trinajstić information content (AvgIpc) is 2.42. The number of hydrogen-bond acceptors (Lipinski definition) is 4. The Hall–Kier alpha value is -0.770. The lowest BCUT2D eigenvalue weighted by molar-refractivity contribution is 0.776. The zero-order valence-corrected chi connectivity index (χ0v) is 13.4. The highest BCUT2D eigenvalue weighted by molar-refractivity contribution is 7.99. The van der Waals surface area contributed by atoms with Crippen LogP contribution < -0.4 is 5.32 Å². The van der Waals surface area contributed by atoms with Gasteiger partial charge in [0.05, 0.1) is 0 Å². The highest BCUT2D eigenvalue weighted by atomic mass is 32.2. The van der Waals surface area contributed by atoms with Crippen LogP contribution in [0.2, 0.25) is 0 Å². The number of unbranched alkanes of at least 4 members (excludes halogenated alkanes) is 2. The molecule has 3 nitrogen and oxygen atoms in total. The molecule has 1 rings (SSSR count). The van der Waals surface area contributed by atoms with E-state index in [4.69, 9.17) is 0 Å². The number of nitrogens with one attached hydrogen (secondary N) is 1. The van der Waals surface area contributed by atoms with E-state index < -0.39 is 0 Å². The monoisotopic (exact) mass is 281 g/mol. The molecule has 0 fully saturated rings. The first kappa shape index (κ1) is 16.3. The third-order valence-corrected chi connectivity index (χ3v) is 3.77. The fourth-order valence-corrected chi connectivity index (χ4v) is 2.68. The average molecular weight is 281 g/mol. The van der Waals surface area contributed by atoms with E-state index in [0.717, 1.165) is 48.2 Å². The van der Waals surface area contributed by atoms with Gasteiger partial charge in [-0.05, 0) is 25.0 Å². The quantitative estimate of drug-likeness (QED) is 0.388. The van der Waals surface area contributed by atoms with Crippen LogP contribution in [0.3, 0.4) is 0 Å². The molecule has 0 unspecified atom stereocenters. The third-order valence-electron chi connectivity index (χ3n) is 2.78. The number of nitrogens with zero attached hydrogens (tertiary/aromatic N) is 2. The number of rotatable bonds is 10. The molecule has 0 atom stereocenters. The third kappa shape index (κ3) is 6.81. The number of anilines is 1. The van der Waals surface area contributed by atoms with Gasteiger partial charge in [-0.2, -0.15) is 0 Å². The lowest BCUT2D eigenvalue weighted by Crippen LogP contribution is -2.06. The molecule has 0 aliphatic heterocycles. The summed E-state index contributed by atoms with van der Waals surface area (Å²) in [6, 6.07) is 2.09. The van der Waals surface area contributed by atoms with E-state index in [-0.39, 0.29) is 0 Å². The molecule has 0 saturated heterocycles. The van der Waals surface area contributed by atoms with Gasteiger partial charge >= 0.3 is 0 Å². The summed E-state index contributed by atoms with van der Waals surface area (Å²) in [6.45, 7) is 7.55. The van der Waals surface area contributed by atoms with Crippen LogP contribution in [0.4, 0.5) is 5.82 Å². The molecule has 0 bridgehead atoms. The molecule has 0 aliphatic rings. The fraction of sp³-hybridized carbons (Fsp3) is 0.733. The number of thioether (sulfide) groups is 1. The van der Waals surface area contributed by atoms with Crippen molar-refractivity contribution in [1.82, 2.24) is 9.97 Å². The second-order valence-corrected chi connectivity index (χ2v) is 5.86. The molecular weight excluding hydrogens is 254 g/mol. The first-order valence-corrected chi connectivity index (χ1v) is 8.53. The maximum Gasteiger partial charge on any atom is 0.132 e. The van der Waals surface area contributed by atoms with Crippen LogP contribution in [0, 0.1) is 0 Å². The van der Waals surface area contributed by atoms with Crippen LogP contribution in [-0.4, -0.2) is 22.3 Å². The lowest BCUT2D eigenvalue weighted by atomic mass is 10.3. The Morgan fingerprint density at radius 1 is 1.05 bits per heavy atom. The molecule has 0 aromatic carbocycles. The first-order chi connectivity index (χ1) is 9.30. The Labute approximate surface area is 122 Å². The Kier molecular flexibility index (Phi) is 8.63. The molecule has 108 valence electrons. The van der Waals surface area contributed by atoms with Crippen molar-refractivity contribution >= 4 is 17.6 Å². The second kappa shape index (κ2) is 10.1. The minimum Gasteiger partial charge on any atom is -0.370 e. The van der Waals surface area contributed by atoms with Crippen LogP contribution in [0.5, 0.6) is 0 Å². The molecule has 1 aromatic heterocycles. The summed E-state index contributed by atoms with van der Waals surface area (Å²) < 4.78 is 0. The van der Waals surface area contributed by atoms with Crippen LogP contribution in [-0.2, 0) is 6.42 Å². The van der Waals surface area contributed by atoms with E-state index in [1.165, 1.54) is 19.3 Å². The predicted molar refractivity (Wildman–Crippen MR) is 85.1 cm³/mol. The normalized spacial score (nSPS) is 10.7. The Morgan fingerprint density at radius 3 is 2.58 bits per heavy atom. The van der Waals surface area contributed by atoms with E-state index in [0.29, 0.717) is 0 Å². The van der Waals surface area contributed by atoms with Gasteiger partial charge in [0.25, 0.3) is 0 Å². The van der Waals surface area contributed by atoms with E-state index in [2.05, 4.69) is 42.1 Å². The molecule has 1 N–H and O–H groups in total. The van der Waals surface area contributed by atoms with Crippen LogP contribution in [0.15, 0.2) is 11.1 Å². The largest absolute Gasteiger partial charge is 0.370 e. The highest BCUT2D eigenvalue weighted by Gasteiger charge is 2.04. The van der Waals surface area contributed by atoms with Crippen molar-refractivity contribution in [1.29, 1.82) is 0 Å². The van der Waals surface area contributed by atoms with Gasteiger partial charge in [-0.1, -0.05) is 33.6 Å². The van der Waals surface area contributed by atoms with E-state index in [1.807, 2.05) is 11.8 Å². The van der Waals surface area contributed by atoms with Gasteiger partial charge in [0.2, 0.25) is 0 Å². The molecule has 0 aliphatic carbocycles. The minimum absolute atomic E-state index is 0.962. The van der Waals surface area contributed by atoms with Crippen LogP contribution in [0.1, 0.15) is 58.7 Å². The zero-order valence-electron chi connectivity index (χ0n) is 12.5. The van der Waals surface area contributed by atoms with Crippen molar-refractivity contribution in [2.24, 2.45) is 0 Å². The molecule has 0 spiro atoms. The molecule has 4 heteroatoms. The predicted octanol–water partition coefficient (Wildman–Crippen LogP) is 4.53. The second-order valence-electron chi connectivity index (χ2n) is 4.74. The lowest BCUT2D eigenvalue weighted by Gasteiger charge is -2.09. The summed E-state index contributed by atoms with van der Waals surface area (Å²) in [5, 5.41) is 4.49. The van der Waals surface area contributed by atoms with Crippen molar-refractivity contribution in [3.63, 3.8) is 0 Å². The number of aromatic nitrogens is 2.